The standard InChI is InChI=1S/C16H20N4O3/c1-11-8-19-13(9-18-11)15(22)23-12(2)14(21)20-16(10-17)6-4-3-5-7-16/h8-9,12H,3-7H2,1-2H3,(H,20,21)/t12-/m0/s1. The van der Waals surface area contributed by atoms with E-state index in [4.69, 9.17) is 4.74 Å². The van der Waals surface area contributed by atoms with Crippen LogP contribution in [-0.2, 0) is 9.53 Å². The van der Waals surface area contributed by atoms with Gasteiger partial charge in [0.05, 0.1) is 18.0 Å². The van der Waals surface area contributed by atoms with Crippen LogP contribution < -0.4 is 5.32 Å². The van der Waals surface area contributed by atoms with Gasteiger partial charge in [-0.3, -0.25) is 9.78 Å². The molecule has 1 heterocycles. The molecule has 1 aliphatic carbocycles. The molecule has 0 saturated heterocycles. The molecule has 2 rings (SSSR count). The van der Waals surface area contributed by atoms with E-state index in [1.165, 1.54) is 19.3 Å². The van der Waals surface area contributed by atoms with Crippen molar-refractivity contribution in [3.05, 3.63) is 23.8 Å². The van der Waals surface area contributed by atoms with Crippen molar-refractivity contribution in [1.29, 1.82) is 5.26 Å². The highest BCUT2D eigenvalue weighted by Gasteiger charge is 2.35. The smallest absolute Gasteiger partial charge is 0.359 e. The van der Waals surface area contributed by atoms with E-state index >= 15 is 0 Å². The highest BCUT2D eigenvalue weighted by Crippen LogP contribution is 2.27. The molecule has 122 valence electrons. The molecule has 1 saturated carbocycles. The van der Waals surface area contributed by atoms with Gasteiger partial charge in [0, 0.05) is 6.20 Å². The van der Waals surface area contributed by atoms with Gasteiger partial charge in [-0.15, -0.1) is 0 Å². The fourth-order valence-electron chi connectivity index (χ4n) is 2.53. The Balaban J connectivity index is 1.95. The van der Waals surface area contributed by atoms with Crippen LogP contribution >= 0.6 is 0 Å². The van der Waals surface area contributed by atoms with Crippen molar-refractivity contribution in [2.24, 2.45) is 0 Å². The highest BCUT2D eigenvalue weighted by atomic mass is 16.5. The van der Waals surface area contributed by atoms with E-state index in [-0.39, 0.29) is 5.69 Å². The average Bonchev–Trinajstić information content (AvgIpc) is 2.56. The Hall–Kier alpha value is -2.49. The van der Waals surface area contributed by atoms with Gasteiger partial charge >= 0.3 is 5.97 Å². The molecular formula is C16H20N4O3. The summed E-state index contributed by atoms with van der Waals surface area (Å²) in [6.07, 6.45) is 5.88. The fraction of sp³-hybridized carbons (Fsp3) is 0.562. The number of aromatic nitrogens is 2. The Morgan fingerprint density at radius 3 is 2.57 bits per heavy atom. The maximum Gasteiger partial charge on any atom is 0.359 e. The lowest BCUT2D eigenvalue weighted by molar-refractivity contribution is -0.130. The number of amides is 1. The number of hydrogen-bond donors (Lipinski definition) is 1. The molecule has 7 heteroatoms. The van der Waals surface area contributed by atoms with Crippen molar-refractivity contribution in [1.82, 2.24) is 15.3 Å². The van der Waals surface area contributed by atoms with E-state index in [1.54, 1.807) is 6.92 Å². The predicted molar refractivity (Wildman–Crippen MR) is 81.2 cm³/mol. The Morgan fingerprint density at radius 2 is 2.00 bits per heavy atom. The molecule has 0 spiro atoms. The predicted octanol–water partition coefficient (Wildman–Crippen LogP) is 1.67. The third-order valence-corrected chi connectivity index (χ3v) is 3.93. The van der Waals surface area contributed by atoms with Crippen molar-refractivity contribution in [3.63, 3.8) is 0 Å². The van der Waals surface area contributed by atoms with Gasteiger partial charge in [-0.25, -0.2) is 9.78 Å². The van der Waals surface area contributed by atoms with E-state index < -0.39 is 23.5 Å². The van der Waals surface area contributed by atoms with Crippen LogP contribution in [0.15, 0.2) is 12.4 Å². The number of aryl methyl sites for hydroxylation is 1. The second kappa shape index (κ2) is 7.18. The Kier molecular flexibility index (Phi) is 5.27. The number of nitriles is 1. The van der Waals surface area contributed by atoms with Gasteiger partial charge in [-0.2, -0.15) is 5.26 Å². The van der Waals surface area contributed by atoms with E-state index in [1.807, 2.05) is 0 Å². The molecule has 1 N–H and O–H groups in total. The van der Waals surface area contributed by atoms with Gasteiger partial charge in [0.25, 0.3) is 5.91 Å². The Bertz CT molecular complexity index is 615. The summed E-state index contributed by atoms with van der Waals surface area (Å²) in [4.78, 5) is 32.0. The molecule has 1 aromatic heterocycles. The van der Waals surface area contributed by atoms with Gasteiger partial charge < -0.3 is 10.1 Å². The van der Waals surface area contributed by atoms with Crippen molar-refractivity contribution in [3.8, 4) is 6.07 Å². The number of rotatable bonds is 4. The zero-order valence-corrected chi connectivity index (χ0v) is 13.3. The molecule has 0 aromatic carbocycles. The normalized spacial score (nSPS) is 17.6. The van der Waals surface area contributed by atoms with Crippen LogP contribution in [0.4, 0.5) is 0 Å². The minimum atomic E-state index is -1.00. The minimum Gasteiger partial charge on any atom is -0.448 e. The summed E-state index contributed by atoms with van der Waals surface area (Å²) < 4.78 is 5.11. The zero-order valence-electron chi connectivity index (χ0n) is 13.3. The molecule has 1 fully saturated rings. The first kappa shape index (κ1) is 16.9. The summed E-state index contributed by atoms with van der Waals surface area (Å²) >= 11 is 0. The van der Waals surface area contributed by atoms with Crippen molar-refractivity contribution in [2.45, 2.75) is 57.6 Å². The third-order valence-electron chi connectivity index (χ3n) is 3.93. The quantitative estimate of drug-likeness (QED) is 0.847. The average molecular weight is 316 g/mol. The number of nitrogens with one attached hydrogen (secondary N) is 1. The topological polar surface area (TPSA) is 105 Å². The lowest BCUT2D eigenvalue weighted by Gasteiger charge is -2.32. The Morgan fingerprint density at radius 1 is 1.30 bits per heavy atom. The number of carbonyl (C=O) groups excluding carboxylic acids is 2. The van der Waals surface area contributed by atoms with Gasteiger partial charge in [-0.05, 0) is 26.7 Å². The molecule has 1 aliphatic rings. The van der Waals surface area contributed by atoms with Crippen LogP contribution in [-0.4, -0.2) is 33.5 Å². The van der Waals surface area contributed by atoms with Crippen LogP contribution in [0, 0.1) is 18.3 Å². The van der Waals surface area contributed by atoms with Gasteiger partial charge in [0.1, 0.15) is 5.54 Å². The van der Waals surface area contributed by atoms with Gasteiger partial charge in [0.15, 0.2) is 11.8 Å². The van der Waals surface area contributed by atoms with Crippen molar-refractivity contribution in [2.75, 3.05) is 0 Å². The summed E-state index contributed by atoms with van der Waals surface area (Å²) in [5, 5.41) is 12.1. The summed E-state index contributed by atoms with van der Waals surface area (Å²) in [6.45, 7) is 3.23. The summed E-state index contributed by atoms with van der Waals surface area (Å²) in [5.74, 6) is -1.18. The van der Waals surface area contributed by atoms with Crippen molar-refractivity contribution < 1.29 is 14.3 Å². The number of ether oxygens (including phenoxy) is 1. The number of esters is 1. The molecule has 0 radical (unpaired) electrons. The summed E-state index contributed by atoms with van der Waals surface area (Å²) in [5.41, 5.74) is -0.122. The molecule has 1 aromatic rings. The second-order valence-electron chi connectivity index (χ2n) is 5.83. The molecular weight excluding hydrogens is 296 g/mol. The third kappa shape index (κ3) is 4.25. The molecule has 0 aliphatic heterocycles. The molecule has 0 unspecified atom stereocenters. The maximum absolute atomic E-state index is 12.2. The van der Waals surface area contributed by atoms with Crippen LogP contribution in [0.3, 0.4) is 0 Å². The minimum absolute atomic E-state index is 0.0444. The van der Waals surface area contributed by atoms with E-state index in [0.717, 1.165) is 19.3 Å². The molecule has 1 atom stereocenters. The number of carbonyl (C=O) groups is 2. The largest absolute Gasteiger partial charge is 0.448 e. The zero-order chi connectivity index (χ0) is 16.9. The monoisotopic (exact) mass is 316 g/mol. The number of hydrogen-bond acceptors (Lipinski definition) is 6. The first-order valence-corrected chi connectivity index (χ1v) is 7.69. The number of nitrogens with zero attached hydrogens (tertiary/aromatic N) is 3. The van der Waals surface area contributed by atoms with Crippen molar-refractivity contribution >= 4 is 11.9 Å². The lowest BCUT2D eigenvalue weighted by Crippen LogP contribution is -2.52. The first-order chi connectivity index (χ1) is 11.0. The van der Waals surface area contributed by atoms with Gasteiger partial charge in [-0.1, -0.05) is 19.3 Å². The summed E-state index contributed by atoms with van der Waals surface area (Å²) in [6, 6.07) is 2.20. The van der Waals surface area contributed by atoms with E-state index in [9.17, 15) is 14.9 Å². The van der Waals surface area contributed by atoms with E-state index in [0.29, 0.717) is 18.5 Å². The van der Waals surface area contributed by atoms with Crippen LogP contribution in [0.5, 0.6) is 0 Å². The van der Waals surface area contributed by atoms with Gasteiger partial charge in [0.2, 0.25) is 0 Å². The van der Waals surface area contributed by atoms with Crippen LogP contribution in [0.25, 0.3) is 0 Å². The maximum atomic E-state index is 12.2. The second-order valence-corrected chi connectivity index (χ2v) is 5.83. The van der Waals surface area contributed by atoms with E-state index in [2.05, 4.69) is 21.4 Å². The molecule has 7 nitrogen and oxygen atoms in total. The molecule has 0 bridgehead atoms. The first-order valence-electron chi connectivity index (χ1n) is 7.69. The van der Waals surface area contributed by atoms with Crippen LogP contribution in [0.2, 0.25) is 0 Å². The molecule has 1 amide bonds. The Labute approximate surface area is 135 Å². The summed E-state index contributed by atoms with van der Waals surface area (Å²) in [7, 11) is 0. The van der Waals surface area contributed by atoms with Crippen LogP contribution in [0.1, 0.15) is 55.2 Å². The SMILES string of the molecule is Cc1cnc(C(=O)O[C@@H](C)C(=O)NC2(C#N)CCCCC2)cn1. The fourth-order valence-corrected chi connectivity index (χ4v) is 2.53. The lowest BCUT2D eigenvalue weighted by atomic mass is 9.83. The molecule has 23 heavy (non-hydrogen) atoms. The highest BCUT2D eigenvalue weighted by molar-refractivity contribution is 5.90.